The third kappa shape index (κ3) is 1.82. The minimum absolute atomic E-state index is 1.17. The fourth-order valence-electron chi connectivity index (χ4n) is 2.53. The van der Waals surface area contributed by atoms with Crippen molar-refractivity contribution in [1.82, 2.24) is 9.97 Å². The number of fused-ring (bicyclic) bond motifs is 2. The molecule has 2 aromatic heterocycles. The maximum Gasteiger partial charge on any atom is 0.0346 e. The van der Waals surface area contributed by atoms with Crippen molar-refractivity contribution in [3.63, 3.8) is 0 Å². The van der Waals surface area contributed by atoms with E-state index >= 15 is 0 Å². The molecular weight excluding hydrogens is 244 g/mol. The highest BCUT2D eigenvalue weighted by Gasteiger charge is 2.01. The second kappa shape index (κ2) is 4.42. The second-order valence-corrected chi connectivity index (χ2v) is 4.88. The summed E-state index contributed by atoms with van der Waals surface area (Å²) < 4.78 is 0. The lowest BCUT2D eigenvalue weighted by atomic mass is 10.00. The zero-order chi connectivity index (χ0) is 13.4. The number of rotatable bonds is 1. The Balaban J connectivity index is 1.91. The number of benzene rings is 2. The first-order valence-corrected chi connectivity index (χ1v) is 6.58. The Hall–Kier alpha value is -2.74. The van der Waals surface area contributed by atoms with Crippen LogP contribution in [0, 0.1) is 0 Å². The molecule has 20 heavy (non-hydrogen) atoms. The third-order valence-corrected chi connectivity index (χ3v) is 3.61. The summed E-state index contributed by atoms with van der Waals surface area (Å²) in [6.07, 6.45) is 7.45. The summed E-state index contributed by atoms with van der Waals surface area (Å²) in [5, 5.41) is 4.76. The van der Waals surface area contributed by atoms with Crippen molar-refractivity contribution in [2.75, 3.05) is 0 Å². The van der Waals surface area contributed by atoms with E-state index in [2.05, 4.69) is 46.4 Å². The van der Waals surface area contributed by atoms with E-state index in [1.807, 2.05) is 36.9 Å². The molecule has 0 radical (unpaired) electrons. The van der Waals surface area contributed by atoms with Crippen molar-refractivity contribution < 1.29 is 0 Å². The quantitative estimate of drug-likeness (QED) is 0.503. The van der Waals surface area contributed by atoms with Crippen LogP contribution < -0.4 is 0 Å². The Morgan fingerprint density at radius 1 is 0.500 bits per heavy atom. The Morgan fingerprint density at radius 2 is 1.10 bits per heavy atom. The molecule has 2 heterocycles. The van der Waals surface area contributed by atoms with E-state index in [-0.39, 0.29) is 0 Å². The van der Waals surface area contributed by atoms with Crippen molar-refractivity contribution in [3.05, 3.63) is 73.3 Å². The minimum atomic E-state index is 1.17. The summed E-state index contributed by atoms with van der Waals surface area (Å²) in [6.45, 7) is 0. The predicted molar refractivity (Wildman–Crippen MR) is 82.5 cm³/mol. The van der Waals surface area contributed by atoms with Gasteiger partial charge in [0.15, 0.2) is 0 Å². The minimum Gasteiger partial charge on any atom is -0.264 e. The lowest BCUT2D eigenvalue weighted by molar-refractivity contribution is 1.36. The highest BCUT2D eigenvalue weighted by Crippen LogP contribution is 2.26. The van der Waals surface area contributed by atoms with Gasteiger partial charge in [-0.3, -0.25) is 9.97 Å². The molecule has 0 aliphatic heterocycles. The van der Waals surface area contributed by atoms with Gasteiger partial charge >= 0.3 is 0 Å². The molecule has 2 nitrogen and oxygen atoms in total. The topological polar surface area (TPSA) is 25.8 Å². The lowest BCUT2D eigenvalue weighted by Crippen LogP contribution is -1.81. The molecule has 0 spiro atoms. The van der Waals surface area contributed by atoms with Crippen LogP contribution in [0.25, 0.3) is 32.7 Å². The van der Waals surface area contributed by atoms with E-state index in [9.17, 15) is 0 Å². The first-order valence-electron chi connectivity index (χ1n) is 6.58. The molecule has 0 unspecified atom stereocenters. The Kier molecular flexibility index (Phi) is 2.46. The molecule has 2 aromatic carbocycles. The molecule has 0 amide bonds. The summed E-state index contributed by atoms with van der Waals surface area (Å²) in [4.78, 5) is 8.34. The van der Waals surface area contributed by atoms with Crippen LogP contribution in [-0.2, 0) is 0 Å². The Morgan fingerprint density at radius 3 is 1.90 bits per heavy atom. The molecule has 0 bridgehead atoms. The Labute approximate surface area is 116 Å². The van der Waals surface area contributed by atoms with Crippen LogP contribution in [-0.4, -0.2) is 9.97 Å². The molecule has 2 heteroatoms. The van der Waals surface area contributed by atoms with Gasteiger partial charge in [-0.05, 0) is 46.2 Å². The van der Waals surface area contributed by atoms with Crippen molar-refractivity contribution in [2.24, 2.45) is 0 Å². The molecule has 4 rings (SSSR count). The van der Waals surface area contributed by atoms with Crippen LogP contribution in [0.15, 0.2) is 73.3 Å². The van der Waals surface area contributed by atoms with E-state index in [4.69, 9.17) is 0 Å². The highest BCUT2D eigenvalue weighted by molar-refractivity contribution is 5.90. The molecule has 0 aliphatic carbocycles. The van der Waals surface area contributed by atoms with E-state index in [0.717, 1.165) is 0 Å². The summed E-state index contributed by atoms with van der Waals surface area (Å²) in [6, 6.07) is 17.0. The van der Waals surface area contributed by atoms with Gasteiger partial charge < -0.3 is 0 Å². The summed E-state index contributed by atoms with van der Waals surface area (Å²) in [7, 11) is 0. The van der Waals surface area contributed by atoms with E-state index in [0.29, 0.717) is 0 Å². The smallest absolute Gasteiger partial charge is 0.0346 e. The van der Waals surface area contributed by atoms with Gasteiger partial charge in [0.2, 0.25) is 0 Å². The van der Waals surface area contributed by atoms with Gasteiger partial charge in [-0.2, -0.15) is 0 Å². The van der Waals surface area contributed by atoms with Gasteiger partial charge in [0.05, 0.1) is 0 Å². The number of aromatic nitrogens is 2. The van der Waals surface area contributed by atoms with Gasteiger partial charge in [0, 0.05) is 35.6 Å². The molecule has 0 atom stereocenters. The number of pyridine rings is 2. The van der Waals surface area contributed by atoms with Crippen LogP contribution in [0.2, 0.25) is 0 Å². The fraction of sp³-hybridized carbons (Fsp3) is 0. The molecular formula is C18H12N2. The van der Waals surface area contributed by atoms with E-state index < -0.39 is 0 Å². The summed E-state index contributed by atoms with van der Waals surface area (Å²) in [5.74, 6) is 0. The van der Waals surface area contributed by atoms with Gasteiger partial charge in [0.25, 0.3) is 0 Å². The molecule has 0 fully saturated rings. The molecule has 0 saturated heterocycles. The predicted octanol–water partition coefficient (Wildman–Crippen LogP) is 4.45. The maximum absolute atomic E-state index is 4.19. The molecule has 0 saturated carbocycles. The number of hydrogen-bond acceptors (Lipinski definition) is 2. The zero-order valence-electron chi connectivity index (χ0n) is 10.8. The van der Waals surface area contributed by atoms with Crippen molar-refractivity contribution >= 4 is 21.5 Å². The Bertz CT molecular complexity index is 836. The van der Waals surface area contributed by atoms with Crippen LogP contribution in [0.5, 0.6) is 0 Å². The summed E-state index contributed by atoms with van der Waals surface area (Å²) in [5.41, 5.74) is 2.43. The van der Waals surface area contributed by atoms with Gasteiger partial charge in [-0.25, -0.2) is 0 Å². The van der Waals surface area contributed by atoms with Gasteiger partial charge in [-0.1, -0.05) is 24.3 Å². The second-order valence-electron chi connectivity index (χ2n) is 4.88. The lowest BCUT2D eigenvalue weighted by Gasteiger charge is -2.05. The van der Waals surface area contributed by atoms with Crippen LogP contribution in [0.3, 0.4) is 0 Å². The standard InChI is InChI=1S/C18H12N2/c1-2-15(10-18-12-20-7-5-13(1)18)14-3-4-17-11-19-8-6-16(17)9-14/h1-12H. The van der Waals surface area contributed by atoms with Crippen molar-refractivity contribution in [3.8, 4) is 11.1 Å². The fourth-order valence-corrected chi connectivity index (χ4v) is 2.53. The first-order chi connectivity index (χ1) is 9.90. The molecule has 0 aliphatic rings. The first kappa shape index (κ1) is 11.1. The summed E-state index contributed by atoms with van der Waals surface area (Å²) >= 11 is 0. The van der Waals surface area contributed by atoms with Crippen LogP contribution in [0.4, 0.5) is 0 Å². The van der Waals surface area contributed by atoms with Gasteiger partial charge in [0.1, 0.15) is 0 Å². The van der Waals surface area contributed by atoms with E-state index in [1.165, 1.54) is 32.7 Å². The number of hydrogen-bond donors (Lipinski definition) is 0. The van der Waals surface area contributed by atoms with Crippen molar-refractivity contribution in [1.29, 1.82) is 0 Å². The highest BCUT2D eigenvalue weighted by atomic mass is 14.6. The normalized spacial score (nSPS) is 11.0. The van der Waals surface area contributed by atoms with Crippen LogP contribution in [0.1, 0.15) is 0 Å². The average molecular weight is 256 g/mol. The SMILES string of the molecule is c1cc2cc(-c3ccc4ccncc4c3)ccc2cn1. The number of nitrogens with zero attached hydrogens (tertiary/aromatic N) is 2. The van der Waals surface area contributed by atoms with Crippen LogP contribution >= 0.6 is 0 Å². The molecule has 4 aromatic rings. The van der Waals surface area contributed by atoms with E-state index in [1.54, 1.807) is 0 Å². The van der Waals surface area contributed by atoms with Gasteiger partial charge in [-0.15, -0.1) is 0 Å². The maximum atomic E-state index is 4.19. The average Bonchev–Trinajstić information content (AvgIpc) is 2.54. The largest absolute Gasteiger partial charge is 0.264 e. The van der Waals surface area contributed by atoms with Crippen molar-refractivity contribution in [2.45, 2.75) is 0 Å². The third-order valence-electron chi connectivity index (χ3n) is 3.61. The molecule has 0 N–H and O–H groups in total. The zero-order valence-corrected chi connectivity index (χ0v) is 10.8. The molecule has 94 valence electrons. The monoisotopic (exact) mass is 256 g/mol.